The largest absolute Gasteiger partial charge is 0.384 e. The normalized spacial score (nSPS) is 23.9. The Bertz CT molecular complexity index is 354. The van der Waals surface area contributed by atoms with E-state index < -0.39 is 0 Å². The van der Waals surface area contributed by atoms with Gasteiger partial charge in [-0.05, 0) is 31.4 Å². The summed E-state index contributed by atoms with van der Waals surface area (Å²) in [6, 6.07) is 8.86. The Balaban J connectivity index is 2.03. The van der Waals surface area contributed by atoms with Gasteiger partial charge < -0.3 is 14.8 Å². The maximum absolute atomic E-state index is 5.57. The average molecular weight is 235 g/mol. The Hall–Kier alpha value is -1.06. The van der Waals surface area contributed by atoms with Gasteiger partial charge in [0.25, 0.3) is 0 Å². The monoisotopic (exact) mass is 235 g/mol. The molecule has 94 valence electrons. The number of anilines is 1. The van der Waals surface area contributed by atoms with Gasteiger partial charge in [-0.1, -0.05) is 18.2 Å². The van der Waals surface area contributed by atoms with Gasteiger partial charge >= 0.3 is 0 Å². The molecule has 0 spiro atoms. The van der Waals surface area contributed by atoms with Crippen molar-refractivity contribution in [1.29, 1.82) is 0 Å². The van der Waals surface area contributed by atoms with Gasteiger partial charge in [-0.3, -0.25) is 0 Å². The van der Waals surface area contributed by atoms with E-state index >= 15 is 0 Å². The topological polar surface area (TPSA) is 30.5 Å². The molecule has 2 atom stereocenters. The smallest absolute Gasteiger partial charge is 0.0748 e. The summed E-state index contributed by atoms with van der Waals surface area (Å²) in [4.78, 5) is 0. The molecule has 1 fully saturated rings. The highest BCUT2D eigenvalue weighted by atomic mass is 16.5. The van der Waals surface area contributed by atoms with Crippen molar-refractivity contribution in [1.82, 2.24) is 0 Å². The molecule has 3 heteroatoms. The lowest BCUT2D eigenvalue weighted by Gasteiger charge is -2.19. The average Bonchev–Trinajstić information content (AvgIpc) is 2.74. The molecule has 1 aliphatic rings. The summed E-state index contributed by atoms with van der Waals surface area (Å²) in [5.74, 6) is 0. The van der Waals surface area contributed by atoms with E-state index in [1.54, 1.807) is 7.11 Å². The van der Waals surface area contributed by atoms with Crippen LogP contribution in [0.1, 0.15) is 18.9 Å². The van der Waals surface area contributed by atoms with Crippen molar-refractivity contribution in [3.05, 3.63) is 29.8 Å². The molecule has 0 bridgehead atoms. The summed E-state index contributed by atoms with van der Waals surface area (Å²) in [5, 5.41) is 3.59. The van der Waals surface area contributed by atoms with Crippen molar-refractivity contribution in [3.8, 4) is 0 Å². The zero-order chi connectivity index (χ0) is 12.1. The molecule has 0 radical (unpaired) electrons. The number of hydrogen-bond donors (Lipinski definition) is 1. The predicted molar refractivity (Wildman–Crippen MR) is 69.5 cm³/mol. The van der Waals surface area contributed by atoms with E-state index in [4.69, 9.17) is 9.47 Å². The highest BCUT2D eigenvalue weighted by Crippen LogP contribution is 2.22. The van der Waals surface area contributed by atoms with Crippen LogP contribution in [0, 0.1) is 0 Å². The zero-order valence-corrected chi connectivity index (χ0v) is 10.6. The molecule has 0 saturated carbocycles. The van der Waals surface area contributed by atoms with Gasteiger partial charge in [-0.25, -0.2) is 0 Å². The Morgan fingerprint density at radius 2 is 2.24 bits per heavy atom. The van der Waals surface area contributed by atoms with Crippen LogP contribution in [0.3, 0.4) is 0 Å². The van der Waals surface area contributed by atoms with Crippen LogP contribution in [0.2, 0.25) is 0 Å². The summed E-state index contributed by atoms with van der Waals surface area (Å²) in [6.45, 7) is 3.75. The fourth-order valence-corrected chi connectivity index (χ4v) is 2.21. The van der Waals surface area contributed by atoms with E-state index in [9.17, 15) is 0 Å². The first kappa shape index (κ1) is 12.4. The van der Waals surface area contributed by atoms with E-state index in [0.29, 0.717) is 12.1 Å². The first-order valence-corrected chi connectivity index (χ1v) is 6.26. The SMILES string of the molecule is COCCc1ccccc1NC1CCOC1C. The lowest BCUT2D eigenvalue weighted by molar-refractivity contribution is 0.121. The minimum Gasteiger partial charge on any atom is -0.384 e. The van der Waals surface area contributed by atoms with E-state index in [2.05, 4.69) is 36.5 Å². The van der Waals surface area contributed by atoms with Gasteiger partial charge in [0.15, 0.2) is 0 Å². The van der Waals surface area contributed by atoms with E-state index in [0.717, 1.165) is 26.1 Å². The third-order valence-electron chi connectivity index (χ3n) is 3.31. The Kier molecular flexibility index (Phi) is 4.40. The van der Waals surface area contributed by atoms with Gasteiger partial charge in [0.05, 0.1) is 18.8 Å². The summed E-state index contributed by atoms with van der Waals surface area (Å²) < 4.78 is 10.7. The van der Waals surface area contributed by atoms with E-state index in [1.165, 1.54) is 11.3 Å². The maximum atomic E-state index is 5.57. The molecule has 17 heavy (non-hydrogen) atoms. The molecule has 1 heterocycles. The highest BCUT2D eigenvalue weighted by Gasteiger charge is 2.24. The summed E-state index contributed by atoms with van der Waals surface area (Å²) in [7, 11) is 1.74. The maximum Gasteiger partial charge on any atom is 0.0748 e. The van der Waals surface area contributed by atoms with Crippen LogP contribution in [0.25, 0.3) is 0 Å². The van der Waals surface area contributed by atoms with Crippen molar-refractivity contribution >= 4 is 5.69 Å². The molecule has 1 saturated heterocycles. The minimum absolute atomic E-state index is 0.297. The predicted octanol–water partition coefficient (Wildman–Crippen LogP) is 2.46. The second kappa shape index (κ2) is 6.03. The molecular formula is C14H21NO2. The molecule has 0 amide bonds. The number of nitrogens with one attached hydrogen (secondary N) is 1. The van der Waals surface area contributed by atoms with Gasteiger partial charge in [0.2, 0.25) is 0 Å². The molecule has 0 aromatic heterocycles. The molecule has 1 aromatic rings. The number of methoxy groups -OCH3 is 1. The van der Waals surface area contributed by atoms with Crippen molar-refractivity contribution in [3.63, 3.8) is 0 Å². The minimum atomic E-state index is 0.297. The van der Waals surface area contributed by atoms with Crippen LogP contribution >= 0.6 is 0 Å². The lowest BCUT2D eigenvalue weighted by Crippen LogP contribution is -2.27. The third-order valence-corrected chi connectivity index (χ3v) is 3.31. The van der Waals surface area contributed by atoms with E-state index in [-0.39, 0.29) is 0 Å². The van der Waals surface area contributed by atoms with Gasteiger partial charge in [-0.2, -0.15) is 0 Å². The molecule has 1 aliphatic heterocycles. The Labute approximate surface area is 103 Å². The first-order chi connectivity index (χ1) is 8.31. The highest BCUT2D eigenvalue weighted by molar-refractivity contribution is 5.52. The van der Waals surface area contributed by atoms with E-state index in [1.807, 2.05) is 0 Å². The quantitative estimate of drug-likeness (QED) is 0.850. The summed E-state index contributed by atoms with van der Waals surface area (Å²) in [5.41, 5.74) is 2.53. The molecule has 3 nitrogen and oxygen atoms in total. The standard InChI is InChI=1S/C14H21NO2/c1-11-13(8-10-17-11)15-14-6-4-3-5-12(14)7-9-16-2/h3-6,11,13,15H,7-10H2,1-2H3. The van der Waals surface area contributed by atoms with Crippen molar-refractivity contribution in [2.45, 2.75) is 31.9 Å². The third kappa shape index (κ3) is 3.20. The first-order valence-electron chi connectivity index (χ1n) is 6.26. The second-order valence-electron chi connectivity index (χ2n) is 4.52. The Morgan fingerprint density at radius 3 is 2.94 bits per heavy atom. The fraction of sp³-hybridized carbons (Fsp3) is 0.571. The molecular weight excluding hydrogens is 214 g/mol. The molecule has 1 N–H and O–H groups in total. The molecule has 0 aliphatic carbocycles. The van der Waals surface area contributed by atoms with Crippen LogP contribution in [-0.2, 0) is 15.9 Å². The van der Waals surface area contributed by atoms with Gasteiger partial charge in [-0.15, -0.1) is 0 Å². The van der Waals surface area contributed by atoms with Crippen LogP contribution in [0.5, 0.6) is 0 Å². The molecule has 1 aromatic carbocycles. The van der Waals surface area contributed by atoms with Crippen LogP contribution < -0.4 is 5.32 Å². The van der Waals surface area contributed by atoms with Crippen molar-refractivity contribution in [2.75, 3.05) is 25.6 Å². The number of ether oxygens (including phenoxy) is 2. The fourth-order valence-electron chi connectivity index (χ4n) is 2.21. The van der Waals surface area contributed by atoms with Crippen LogP contribution in [0.4, 0.5) is 5.69 Å². The number of benzene rings is 1. The van der Waals surface area contributed by atoms with Crippen LogP contribution in [-0.4, -0.2) is 32.5 Å². The van der Waals surface area contributed by atoms with Gasteiger partial charge in [0, 0.05) is 19.4 Å². The molecule has 2 unspecified atom stereocenters. The number of para-hydroxylation sites is 1. The summed E-state index contributed by atoms with van der Waals surface area (Å²) >= 11 is 0. The Morgan fingerprint density at radius 1 is 1.41 bits per heavy atom. The van der Waals surface area contributed by atoms with Crippen molar-refractivity contribution in [2.24, 2.45) is 0 Å². The zero-order valence-electron chi connectivity index (χ0n) is 10.6. The summed E-state index contributed by atoms with van der Waals surface area (Å²) in [6.07, 6.45) is 2.33. The van der Waals surface area contributed by atoms with Crippen LogP contribution in [0.15, 0.2) is 24.3 Å². The number of hydrogen-bond acceptors (Lipinski definition) is 3. The van der Waals surface area contributed by atoms with Gasteiger partial charge in [0.1, 0.15) is 0 Å². The number of rotatable bonds is 5. The lowest BCUT2D eigenvalue weighted by atomic mass is 10.1. The van der Waals surface area contributed by atoms with Crippen molar-refractivity contribution < 1.29 is 9.47 Å². The molecule has 2 rings (SSSR count). The second-order valence-corrected chi connectivity index (χ2v) is 4.52.